The van der Waals surface area contributed by atoms with Gasteiger partial charge in [-0.3, -0.25) is 8.42 Å². The zero-order chi connectivity index (χ0) is 33.9. The van der Waals surface area contributed by atoms with Gasteiger partial charge >= 0.3 is 0 Å². The van der Waals surface area contributed by atoms with E-state index >= 15 is 0 Å². The molecule has 0 fully saturated rings. The zero-order valence-corrected chi connectivity index (χ0v) is 27.1. The van der Waals surface area contributed by atoms with Crippen molar-refractivity contribution in [1.29, 1.82) is 10.5 Å². The Hall–Kier alpha value is -4.52. The first kappa shape index (κ1) is 32.9. The van der Waals surface area contributed by atoms with Crippen molar-refractivity contribution in [3.05, 3.63) is 90.9 Å². The Morgan fingerprint density at radius 2 is 1.30 bits per heavy atom. The Balaban J connectivity index is 2.14. The molecule has 0 N–H and O–H groups in total. The van der Waals surface area contributed by atoms with Crippen molar-refractivity contribution in [2.24, 2.45) is 0 Å². The first-order valence-corrected chi connectivity index (χ1v) is 19.2. The van der Waals surface area contributed by atoms with Crippen LogP contribution in [0.2, 0.25) is 0 Å². The summed E-state index contributed by atoms with van der Waals surface area (Å²) < 4.78 is 98.5. The highest BCUT2D eigenvalue weighted by molar-refractivity contribution is 7.91. The number of rotatable bonds is 6. The van der Waals surface area contributed by atoms with Gasteiger partial charge in [0.1, 0.15) is 0 Å². The van der Waals surface area contributed by atoms with E-state index in [9.17, 15) is 44.9 Å². The van der Waals surface area contributed by atoms with Crippen LogP contribution >= 0.6 is 0 Å². The van der Waals surface area contributed by atoms with E-state index in [2.05, 4.69) is 9.69 Å². The van der Waals surface area contributed by atoms with E-state index in [1.807, 2.05) is 12.1 Å². The molecule has 46 heavy (non-hydrogen) atoms. The smallest absolute Gasteiger partial charge is 0.270 e. The summed E-state index contributed by atoms with van der Waals surface area (Å²) in [6.07, 6.45) is 1.53. The fourth-order valence-corrected chi connectivity index (χ4v) is 8.89. The fourth-order valence-electron chi connectivity index (χ4n) is 6.23. The predicted octanol–water partition coefficient (Wildman–Crippen LogP) is 1.50. The average Bonchev–Trinajstić information content (AvgIpc) is 3.52. The summed E-state index contributed by atoms with van der Waals surface area (Å²) in [6.45, 7) is 15.7. The lowest BCUT2D eigenvalue weighted by atomic mass is 9.90. The monoisotopic (exact) mass is 690 g/mol. The summed E-state index contributed by atoms with van der Waals surface area (Å²) in [7, 11) is -8.06. The van der Waals surface area contributed by atoms with Crippen molar-refractivity contribution in [3.8, 4) is 34.4 Å². The number of benzene rings is 3. The molecule has 3 aromatic rings. The van der Waals surface area contributed by atoms with E-state index in [1.165, 1.54) is 18.2 Å². The van der Waals surface area contributed by atoms with Gasteiger partial charge in [-0.15, -0.1) is 0 Å². The minimum Gasteiger partial charge on any atom is -0.772 e. The van der Waals surface area contributed by atoms with Gasteiger partial charge in [0, 0.05) is 29.2 Å². The third kappa shape index (κ3) is 5.46. The quantitative estimate of drug-likeness (QED) is 0.185. The van der Waals surface area contributed by atoms with E-state index in [4.69, 9.17) is 13.1 Å². The highest BCUT2D eigenvalue weighted by Crippen LogP contribution is 2.44. The number of nitrogens with zero attached hydrogens (tertiary/aromatic N) is 4. The first-order chi connectivity index (χ1) is 21.5. The first-order valence-electron chi connectivity index (χ1n) is 12.9. The summed E-state index contributed by atoms with van der Waals surface area (Å²) in [5.74, 6) is -1.00. The Kier molecular flexibility index (Phi) is 8.35. The molecule has 2 aliphatic carbocycles. The van der Waals surface area contributed by atoms with Crippen molar-refractivity contribution < 1.29 is 34.4 Å². The number of nitriles is 2. The molecule has 3 aromatic carbocycles. The summed E-state index contributed by atoms with van der Waals surface area (Å²) in [5, 5.41) is 20.3. The highest BCUT2D eigenvalue weighted by atomic mass is 32.2. The van der Waals surface area contributed by atoms with Gasteiger partial charge in [-0.25, -0.2) is 37.0 Å². The van der Waals surface area contributed by atoms with Crippen LogP contribution in [0.5, 0.6) is 0 Å². The van der Waals surface area contributed by atoms with Gasteiger partial charge in [0.05, 0.1) is 35.1 Å². The Bertz CT molecular complexity index is 2500. The lowest BCUT2D eigenvalue weighted by Gasteiger charge is -2.16. The maximum Gasteiger partial charge on any atom is 0.270 e. The molecule has 0 saturated heterocycles. The molecule has 0 bridgehead atoms. The van der Waals surface area contributed by atoms with Crippen molar-refractivity contribution in [3.63, 3.8) is 0 Å². The Morgan fingerprint density at radius 1 is 0.783 bits per heavy atom. The Morgan fingerprint density at radius 3 is 1.78 bits per heavy atom. The molecule has 5 rings (SSSR count). The normalized spacial score (nSPS) is 15.5. The molecule has 0 aliphatic heterocycles. The van der Waals surface area contributed by atoms with Gasteiger partial charge in [0.25, 0.3) is 11.4 Å². The van der Waals surface area contributed by atoms with Crippen molar-refractivity contribution in [1.82, 2.24) is 0 Å². The number of hydrogen-bond donors (Lipinski definition) is 0. The molecule has 0 heterocycles. The van der Waals surface area contributed by atoms with Gasteiger partial charge in [0.15, 0.2) is 19.7 Å². The largest absolute Gasteiger partial charge is 0.772 e. The van der Waals surface area contributed by atoms with Crippen LogP contribution in [0.3, 0.4) is 0 Å². The summed E-state index contributed by atoms with van der Waals surface area (Å²) in [4.78, 5) is 6.15. The number of fused-ring (bicyclic) bond motifs is 6. The molecule has 0 radical (unpaired) electrons. The molecular weight excluding hydrogens is 673 g/mol. The van der Waals surface area contributed by atoms with Gasteiger partial charge in [-0.05, 0) is 91.9 Å². The van der Waals surface area contributed by atoms with Gasteiger partial charge in [-0.1, -0.05) is 28.2 Å². The molecule has 0 amide bonds. The third-order valence-electron chi connectivity index (χ3n) is 7.83. The average molecular weight is 691 g/mol. The Labute approximate surface area is 269 Å². The van der Waals surface area contributed by atoms with Gasteiger partial charge in [0.2, 0.25) is 0 Å². The molecule has 2 atom stereocenters. The van der Waals surface area contributed by atoms with Crippen LogP contribution in [0, 0.1) is 35.8 Å². The van der Waals surface area contributed by atoms with E-state index in [0.717, 1.165) is 18.6 Å². The summed E-state index contributed by atoms with van der Waals surface area (Å²) >= 11 is -5.20. The summed E-state index contributed by atoms with van der Waals surface area (Å²) in [6, 6.07) is 8.85. The van der Waals surface area contributed by atoms with Gasteiger partial charge in [-0.2, -0.15) is 0 Å². The zero-order valence-electron chi connectivity index (χ0n) is 23.8. The number of sulfone groups is 2. The van der Waals surface area contributed by atoms with Crippen LogP contribution < -0.4 is 10.4 Å². The molecule has 0 spiro atoms. The molecule has 0 saturated carbocycles. The minimum absolute atomic E-state index is 0.0225. The molecule has 2 aliphatic rings. The highest BCUT2D eigenvalue weighted by Gasteiger charge is 2.35. The van der Waals surface area contributed by atoms with Crippen LogP contribution in [-0.4, -0.2) is 46.9 Å². The second-order valence-electron chi connectivity index (χ2n) is 10.6. The maximum atomic E-state index is 13.0. The predicted molar refractivity (Wildman–Crippen MR) is 165 cm³/mol. The second-order valence-corrected chi connectivity index (χ2v) is 16.4. The van der Waals surface area contributed by atoms with Crippen molar-refractivity contribution in [2.75, 3.05) is 12.5 Å². The molecule has 0 aromatic heterocycles. The summed E-state index contributed by atoms with van der Waals surface area (Å²) in [5.41, 5.74) is 1.24. The van der Waals surface area contributed by atoms with E-state index < -0.39 is 64.7 Å². The van der Waals surface area contributed by atoms with E-state index in [-0.39, 0.29) is 77.6 Å². The topological polar surface area (TPSA) is 205 Å². The maximum absolute atomic E-state index is 13.0. The van der Waals surface area contributed by atoms with Crippen molar-refractivity contribution in [2.45, 2.75) is 34.1 Å². The van der Waals surface area contributed by atoms with E-state index in [1.54, 1.807) is 0 Å². The van der Waals surface area contributed by atoms with Crippen LogP contribution in [0.25, 0.3) is 43.3 Å². The minimum atomic E-state index is -4.06. The fraction of sp³-hybridized carbons (Fsp3) is 0.200. The second kappa shape index (κ2) is 11.7. The molecular formula is C30H18N4O8S4-2. The van der Waals surface area contributed by atoms with Crippen LogP contribution in [0.1, 0.15) is 33.4 Å². The lowest BCUT2D eigenvalue weighted by Crippen LogP contribution is -2.25. The lowest BCUT2D eigenvalue weighted by molar-refractivity contribution is 0.535. The SMILES string of the molecule is [C-]#[N+]/C(C#N)=c1\c2c(/c(=C(/C#N)[N+]#[C-])c3c1Cc1c-3cc(S(C)(=O)=O)cc1S(C)(=O)=O)-c1cc(CS(=O)[O-])cc(CS(=O)[O-])c1C2. The van der Waals surface area contributed by atoms with Crippen LogP contribution in [0.15, 0.2) is 34.1 Å². The van der Waals surface area contributed by atoms with E-state index in [0.29, 0.717) is 11.1 Å². The molecule has 2 unspecified atom stereocenters. The van der Waals surface area contributed by atoms with Gasteiger partial charge < -0.3 is 9.11 Å². The van der Waals surface area contributed by atoms with Crippen molar-refractivity contribution >= 4 is 53.2 Å². The molecule has 232 valence electrons. The number of hydrogen-bond acceptors (Lipinski definition) is 10. The van der Waals surface area contributed by atoms with Crippen LogP contribution in [0.4, 0.5) is 0 Å². The van der Waals surface area contributed by atoms with Crippen LogP contribution in [-0.2, 0) is 66.2 Å². The molecule has 16 heteroatoms. The third-order valence-corrected chi connectivity index (χ3v) is 11.2. The molecule has 12 nitrogen and oxygen atoms in total. The standard InChI is InChI=1S/C30H20N4O8S4/c1-33-24(11-31)27-22-9-18-16(14-44(37)38)5-15(13-43(35)36)6-20(18)28(22)30(25(12-32)34-2)29-21-7-17(45(3,39)40)8-26(46(4,41)42)19(21)10-23(27)29/h5-8H,9-10,13-14H2,3-4H3,(H,35,36)(H,37,38)/p-2/b27-24+,30-25+.